The van der Waals surface area contributed by atoms with Crippen LogP contribution in [-0.2, 0) is 4.84 Å². The Morgan fingerprint density at radius 2 is 1.82 bits per heavy atom. The van der Waals surface area contributed by atoms with Gasteiger partial charge in [0.1, 0.15) is 11.4 Å². The Hall–Kier alpha value is -3.34. The normalized spacial score (nSPS) is 17.2. The van der Waals surface area contributed by atoms with Crippen molar-refractivity contribution in [2.45, 2.75) is 57.5 Å². The van der Waals surface area contributed by atoms with E-state index in [1.165, 1.54) is 24.2 Å². The van der Waals surface area contributed by atoms with Crippen molar-refractivity contribution in [3.05, 3.63) is 89.0 Å². The Morgan fingerprint density at radius 3 is 2.45 bits per heavy atom. The summed E-state index contributed by atoms with van der Waals surface area (Å²) in [6.45, 7) is 4.00. The van der Waals surface area contributed by atoms with Crippen LogP contribution in [0.3, 0.4) is 0 Å². The number of Topliss-reactive ketones (excluding diaryl/α,β-unsaturated/α-hetero) is 1. The van der Waals surface area contributed by atoms with Crippen molar-refractivity contribution in [1.82, 2.24) is 4.98 Å². The maximum atomic E-state index is 13.3. The minimum absolute atomic E-state index is 0.0294. The minimum atomic E-state index is -0.378. The summed E-state index contributed by atoms with van der Waals surface area (Å²) in [4.78, 5) is 23.3. The summed E-state index contributed by atoms with van der Waals surface area (Å²) in [6.07, 6.45) is 5.51. The maximum absolute atomic E-state index is 13.3. The third-order valence-corrected chi connectivity index (χ3v) is 6.82. The highest BCUT2D eigenvalue weighted by Gasteiger charge is 2.45. The Balaban J connectivity index is 1.46. The molecule has 2 aliphatic rings. The Kier molecular flexibility index (Phi) is 5.57. The molecule has 1 aromatic heterocycles. The van der Waals surface area contributed by atoms with Crippen LogP contribution >= 0.6 is 0 Å². The standard InChI is InChI=1S/C28H27FN2O2/c1-18-4-6-20(7-5-18)21-13-22(26-16-28(33-31-26)10-3-11-28)15-23(14-21)27(32)12-19(2)25-9-8-24(29)17-30-25/h4-9,13-15,17,19H,3,10-12,16H2,1-2H3/t19-/m0/s1. The fraction of sp³-hybridized carbons (Fsp3) is 0.321. The van der Waals surface area contributed by atoms with Crippen LogP contribution in [0.15, 0.2) is 65.9 Å². The second-order valence-electron chi connectivity index (χ2n) is 9.44. The second-order valence-corrected chi connectivity index (χ2v) is 9.44. The first kappa shape index (κ1) is 21.5. The molecule has 1 fully saturated rings. The third-order valence-electron chi connectivity index (χ3n) is 6.82. The lowest BCUT2D eigenvalue weighted by Gasteiger charge is -2.34. The number of carbonyl (C=O) groups excluding carboxylic acids is 1. The quantitative estimate of drug-likeness (QED) is 0.403. The monoisotopic (exact) mass is 442 g/mol. The van der Waals surface area contributed by atoms with Crippen LogP contribution < -0.4 is 0 Å². The van der Waals surface area contributed by atoms with Crippen molar-refractivity contribution >= 4 is 11.5 Å². The fourth-order valence-electron chi connectivity index (χ4n) is 4.56. The van der Waals surface area contributed by atoms with Crippen LogP contribution in [0, 0.1) is 12.7 Å². The molecule has 0 amide bonds. The number of aryl methyl sites for hydroxylation is 1. The number of rotatable bonds is 6. The first-order valence-corrected chi connectivity index (χ1v) is 11.5. The number of hydrogen-bond donors (Lipinski definition) is 0. The molecular weight excluding hydrogens is 415 g/mol. The summed E-state index contributed by atoms with van der Waals surface area (Å²) in [6, 6.07) is 17.3. The Labute approximate surface area is 193 Å². The fourth-order valence-corrected chi connectivity index (χ4v) is 4.56. The number of halogens is 1. The average molecular weight is 443 g/mol. The molecule has 0 N–H and O–H groups in total. The molecule has 2 heterocycles. The molecule has 33 heavy (non-hydrogen) atoms. The van der Waals surface area contributed by atoms with Crippen molar-refractivity contribution < 1.29 is 14.0 Å². The number of oxime groups is 1. The van der Waals surface area contributed by atoms with E-state index in [0.29, 0.717) is 17.7 Å². The van der Waals surface area contributed by atoms with E-state index in [-0.39, 0.29) is 23.1 Å². The molecular formula is C28H27FN2O2. The van der Waals surface area contributed by atoms with Crippen LogP contribution in [0.5, 0.6) is 0 Å². The van der Waals surface area contributed by atoms with E-state index in [1.54, 1.807) is 6.07 Å². The summed E-state index contributed by atoms with van der Waals surface area (Å²) in [5.41, 5.74) is 6.30. The zero-order valence-electron chi connectivity index (χ0n) is 19.0. The van der Waals surface area contributed by atoms with E-state index in [4.69, 9.17) is 4.84 Å². The van der Waals surface area contributed by atoms with Crippen molar-refractivity contribution in [3.8, 4) is 11.1 Å². The lowest BCUT2D eigenvalue weighted by atomic mass is 9.76. The summed E-state index contributed by atoms with van der Waals surface area (Å²) in [5, 5.41) is 4.41. The summed E-state index contributed by atoms with van der Waals surface area (Å²) in [5.74, 6) is -0.465. The largest absolute Gasteiger partial charge is 0.389 e. The van der Waals surface area contributed by atoms with E-state index in [1.807, 2.05) is 19.1 Å². The molecule has 4 nitrogen and oxygen atoms in total. The highest BCUT2D eigenvalue weighted by atomic mass is 19.1. The van der Waals surface area contributed by atoms with Gasteiger partial charge in [0, 0.05) is 35.6 Å². The van der Waals surface area contributed by atoms with Gasteiger partial charge in [-0.05, 0) is 67.6 Å². The van der Waals surface area contributed by atoms with Gasteiger partial charge in [0.2, 0.25) is 0 Å². The van der Waals surface area contributed by atoms with E-state index >= 15 is 0 Å². The van der Waals surface area contributed by atoms with Crippen LogP contribution in [0.4, 0.5) is 4.39 Å². The molecule has 5 rings (SSSR count). The Bertz CT molecular complexity index is 1210. The molecule has 0 bridgehead atoms. The van der Waals surface area contributed by atoms with Gasteiger partial charge < -0.3 is 4.84 Å². The smallest absolute Gasteiger partial charge is 0.163 e. The Morgan fingerprint density at radius 1 is 1.06 bits per heavy atom. The van der Waals surface area contributed by atoms with Crippen molar-refractivity contribution in [3.63, 3.8) is 0 Å². The van der Waals surface area contributed by atoms with Crippen LogP contribution in [0.2, 0.25) is 0 Å². The van der Waals surface area contributed by atoms with Crippen LogP contribution in [-0.4, -0.2) is 22.1 Å². The van der Waals surface area contributed by atoms with Crippen LogP contribution in [0.1, 0.15) is 72.1 Å². The zero-order chi connectivity index (χ0) is 23.0. The first-order chi connectivity index (χ1) is 15.9. The van der Waals surface area contributed by atoms with E-state index in [2.05, 4.69) is 47.4 Å². The topological polar surface area (TPSA) is 51.5 Å². The molecule has 2 aromatic carbocycles. The molecule has 1 atom stereocenters. The average Bonchev–Trinajstić information content (AvgIpc) is 3.26. The molecule has 0 saturated heterocycles. The molecule has 1 saturated carbocycles. The number of hydrogen-bond acceptors (Lipinski definition) is 4. The van der Waals surface area contributed by atoms with Crippen molar-refractivity contribution in [2.24, 2.45) is 5.16 Å². The highest BCUT2D eigenvalue weighted by Crippen LogP contribution is 2.43. The third kappa shape index (κ3) is 4.45. The molecule has 1 aliphatic heterocycles. The molecule has 3 aromatic rings. The van der Waals surface area contributed by atoms with Crippen LogP contribution in [0.25, 0.3) is 11.1 Å². The zero-order valence-corrected chi connectivity index (χ0v) is 19.0. The first-order valence-electron chi connectivity index (χ1n) is 11.5. The SMILES string of the molecule is Cc1ccc(-c2cc(C(=O)C[C@H](C)c3ccc(F)cn3)cc(C3=NOC4(CCC4)C3)c2)cc1. The summed E-state index contributed by atoms with van der Waals surface area (Å²) < 4.78 is 13.2. The van der Waals surface area contributed by atoms with Crippen molar-refractivity contribution in [1.29, 1.82) is 0 Å². The number of ketones is 1. The summed E-state index contributed by atoms with van der Waals surface area (Å²) >= 11 is 0. The predicted octanol–water partition coefficient (Wildman–Crippen LogP) is 6.62. The van der Waals surface area contributed by atoms with Gasteiger partial charge in [-0.25, -0.2) is 4.39 Å². The van der Waals surface area contributed by atoms with E-state index in [0.717, 1.165) is 41.7 Å². The minimum Gasteiger partial charge on any atom is -0.389 e. The van der Waals surface area contributed by atoms with Gasteiger partial charge >= 0.3 is 0 Å². The van der Waals surface area contributed by atoms with Gasteiger partial charge in [-0.15, -0.1) is 0 Å². The highest BCUT2D eigenvalue weighted by molar-refractivity contribution is 6.06. The van der Waals surface area contributed by atoms with Gasteiger partial charge in [0.15, 0.2) is 5.78 Å². The predicted molar refractivity (Wildman–Crippen MR) is 127 cm³/mol. The number of pyridine rings is 1. The lowest BCUT2D eigenvalue weighted by molar-refractivity contribution is -0.0755. The number of aromatic nitrogens is 1. The molecule has 1 aliphatic carbocycles. The van der Waals surface area contributed by atoms with Gasteiger partial charge in [-0.1, -0.05) is 41.9 Å². The lowest BCUT2D eigenvalue weighted by Crippen LogP contribution is -2.36. The van der Waals surface area contributed by atoms with E-state index < -0.39 is 0 Å². The van der Waals surface area contributed by atoms with Gasteiger partial charge in [-0.3, -0.25) is 9.78 Å². The second kappa shape index (κ2) is 8.54. The van der Waals surface area contributed by atoms with Crippen molar-refractivity contribution in [2.75, 3.05) is 0 Å². The van der Waals surface area contributed by atoms with Gasteiger partial charge in [0.05, 0.1) is 11.9 Å². The van der Waals surface area contributed by atoms with E-state index in [9.17, 15) is 9.18 Å². The molecule has 168 valence electrons. The molecule has 1 spiro atoms. The van der Waals surface area contributed by atoms with Gasteiger partial charge in [0.25, 0.3) is 0 Å². The molecule has 0 unspecified atom stereocenters. The maximum Gasteiger partial charge on any atom is 0.163 e. The van der Waals surface area contributed by atoms with Gasteiger partial charge in [-0.2, -0.15) is 0 Å². The number of nitrogens with zero attached hydrogens (tertiary/aromatic N) is 2. The number of carbonyl (C=O) groups is 1. The molecule has 0 radical (unpaired) electrons. The molecule has 5 heteroatoms. The summed E-state index contributed by atoms with van der Waals surface area (Å²) in [7, 11) is 0. The number of benzene rings is 2.